The fraction of sp³-hybridized carbons (Fsp3) is 0.250. The zero-order valence-corrected chi connectivity index (χ0v) is 14.7. The molecule has 0 radical (unpaired) electrons. The van der Waals surface area contributed by atoms with Crippen LogP contribution in [0.25, 0.3) is 10.9 Å². The Labute approximate surface area is 150 Å². The lowest BCUT2D eigenvalue weighted by Crippen LogP contribution is -2.28. The molecule has 0 fully saturated rings. The number of aromatic amines is 1. The van der Waals surface area contributed by atoms with Crippen LogP contribution in [0.2, 0.25) is 0 Å². The minimum Gasteiger partial charge on any atom is -0.481 e. The van der Waals surface area contributed by atoms with E-state index in [1.165, 1.54) is 0 Å². The highest BCUT2D eigenvalue weighted by Crippen LogP contribution is 2.24. The van der Waals surface area contributed by atoms with E-state index in [1.807, 2.05) is 42.5 Å². The topological polar surface area (TPSA) is 92.3 Å². The number of H-pyrrole nitrogens is 1. The largest absolute Gasteiger partial charge is 0.481 e. The van der Waals surface area contributed by atoms with Crippen molar-refractivity contribution < 1.29 is 14.6 Å². The SMILES string of the molecule is CC(C)(C(=O)O)c1ccc(CCOc2nc(=O)[nH]c3ccccc23)cc1. The number of aromatic nitrogens is 2. The number of hydrogen-bond donors (Lipinski definition) is 2. The molecule has 26 heavy (non-hydrogen) atoms. The van der Waals surface area contributed by atoms with Gasteiger partial charge in [-0.05, 0) is 37.1 Å². The third-order valence-corrected chi connectivity index (χ3v) is 4.44. The first-order valence-corrected chi connectivity index (χ1v) is 8.32. The Bertz CT molecular complexity index is 991. The van der Waals surface area contributed by atoms with Crippen molar-refractivity contribution in [2.75, 3.05) is 6.61 Å². The molecular weight excluding hydrogens is 332 g/mol. The van der Waals surface area contributed by atoms with Gasteiger partial charge in [0.1, 0.15) is 0 Å². The van der Waals surface area contributed by atoms with Gasteiger partial charge in [-0.1, -0.05) is 36.4 Å². The van der Waals surface area contributed by atoms with Gasteiger partial charge in [0.05, 0.1) is 22.9 Å². The minimum atomic E-state index is -0.928. The molecule has 134 valence electrons. The molecule has 1 heterocycles. The normalized spacial score (nSPS) is 11.5. The number of benzene rings is 2. The van der Waals surface area contributed by atoms with E-state index in [9.17, 15) is 14.7 Å². The zero-order chi connectivity index (χ0) is 18.7. The predicted octanol–water partition coefficient (Wildman–Crippen LogP) is 2.91. The standard InChI is InChI=1S/C20H20N2O4/c1-20(2,18(23)24)14-9-7-13(8-10-14)11-12-26-17-15-5-3-4-6-16(15)21-19(25)22-17/h3-10H,11-12H2,1-2H3,(H,23,24)(H,21,22,25). The van der Waals surface area contributed by atoms with Crippen LogP contribution in [0.1, 0.15) is 25.0 Å². The lowest BCUT2D eigenvalue weighted by molar-refractivity contribution is -0.142. The van der Waals surface area contributed by atoms with Crippen molar-refractivity contribution >= 4 is 16.9 Å². The molecule has 0 atom stereocenters. The van der Waals surface area contributed by atoms with Gasteiger partial charge in [-0.15, -0.1) is 0 Å². The first-order chi connectivity index (χ1) is 12.4. The molecule has 2 aromatic carbocycles. The molecule has 0 saturated heterocycles. The molecular formula is C20H20N2O4. The summed E-state index contributed by atoms with van der Waals surface area (Å²) in [6, 6.07) is 14.8. The van der Waals surface area contributed by atoms with Gasteiger partial charge in [0.25, 0.3) is 0 Å². The quantitative estimate of drug-likeness (QED) is 0.712. The van der Waals surface area contributed by atoms with Gasteiger partial charge in [0.15, 0.2) is 0 Å². The third-order valence-electron chi connectivity index (χ3n) is 4.44. The van der Waals surface area contributed by atoms with Gasteiger partial charge < -0.3 is 14.8 Å². The number of carbonyl (C=O) groups is 1. The van der Waals surface area contributed by atoms with Crippen LogP contribution in [0.15, 0.2) is 53.3 Å². The summed E-state index contributed by atoms with van der Waals surface area (Å²) in [5, 5.41) is 10.0. The molecule has 0 bridgehead atoms. The number of para-hydroxylation sites is 1. The number of fused-ring (bicyclic) bond motifs is 1. The van der Waals surface area contributed by atoms with Crippen LogP contribution in [0, 0.1) is 0 Å². The molecule has 0 aliphatic rings. The molecule has 0 spiro atoms. The molecule has 3 aromatic rings. The highest BCUT2D eigenvalue weighted by atomic mass is 16.5. The first-order valence-electron chi connectivity index (χ1n) is 8.32. The van der Waals surface area contributed by atoms with Gasteiger partial charge in [-0.2, -0.15) is 4.98 Å². The molecule has 6 nitrogen and oxygen atoms in total. The van der Waals surface area contributed by atoms with E-state index in [0.29, 0.717) is 24.4 Å². The van der Waals surface area contributed by atoms with Crippen LogP contribution in [-0.4, -0.2) is 27.7 Å². The van der Waals surface area contributed by atoms with Crippen LogP contribution >= 0.6 is 0 Å². The summed E-state index contributed by atoms with van der Waals surface area (Å²) in [7, 11) is 0. The molecule has 0 aliphatic carbocycles. The Hall–Kier alpha value is -3.15. The molecule has 6 heteroatoms. The summed E-state index contributed by atoms with van der Waals surface area (Å²) in [5.74, 6) is -0.547. The zero-order valence-electron chi connectivity index (χ0n) is 14.7. The number of carboxylic acids is 1. The van der Waals surface area contributed by atoms with Crippen molar-refractivity contribution in [3.63, 3.8) is 0 Å². The van der Waals surface area contributed by atoms with Gasteiger partial charge in [-0.25, -0.2) is 4.79 Å². The summed E-state index contributed by atoms with van der Waals surface area (Å²) in [6.07, 6.45) is 0.622. The molecule has 1 aromatic heterocycles. The Morgan fingerprint density at radius 2 is 1.85 bits per heavy atom. The molecule has 0 aliphatic heterocycles. The van der Waals surface area contributed by atoms with Crippen LogP contribution in [-0.2, 0) is 16.6 Å². The maximum atomic E-state index is 11.6. The molecule has 3 rings (SSSR count). The molecule has 0 saturated carbocycles. The minimum absolute atomic E-state index is 0.313. The maximum Gasteiger partial charge on any atom is 0.348 e. The van der Waals surface area contributed by atoms with Gasteiger partial charge in [0.2, 0.25) is 5.88 Å². The average molecular weight is 352 g/mol. The number of nitrogens with one attached hydrogen (secondary N) is 1. The first kappa shape index (κ1) is 17.7. The van der Waals surface area contributed by atoms with Crippen molar-refractivity contribution in [2.24, 2.45) is 0 Å². The molecule has 2 N–H and O–H groups in total. The third kappa shape index (κ3) is 3.59. The fourth-order valence-electron chi connectivity index (χ4n) is 2.66. The number of aliphatic carboxylic acids is 1. The average Bonchev–Trinajstić information content (AvgIpc) is 2.62. The van der Waals surface area contributed by atoms with Crippen molar-refractivity contribution in [2.45, 2.75) is 25.7 Å². The lowest BCUT2D eigenvalue weighted by Gasteiger charge is -2.19. The number of hydrogen-bond acceptors (Lipinski definition) is 4. The van der Waals surface area contributed by atoms with Crippen molar-refractivity contribution in [3.8, 4) is 5.88 Å². The Morgan fingerprint density at radius 1 is 1.15 bits per heavy atom. The summed E-state index contributed by atoms with van der Waals surface area (Å²) >= 11 is 0. The number of rotatable bonds is 6. The van der Waals surface area contributed by atoms with E-state index < -0.39 is 17.1 Å². The van der Waals surface area contributed by atoms with Crippen molar-refractivity contribution in [1.82, 2.24) is 9.97 Å². The summed E-state index contributed by atoms with van der Waals surface area (Å²) in [6.45, 7) is 3.72. The number of ether oxygens (including phenoxy) is 1. The van der Waals surface area contributed by atoms with Crippen molar-refractivity contribution in [1.29, 1.82) is 0 Å². The van der Waals surface area contributed by atoms with E-state index in [4.69, 9.17) is 4.74 Å². The highest BCUT2D eigenvalue weighted by Gasteiger charge is 2.29. The van der Waals surface area contributed by atoms with E-state index in [0.717, 1.165) is 16.5 Å². The smallest absolute Gasteiger partial charge is 0.348 e. The molecule has 0 unspecified atom stereocenters. The van der Waals surface area contributed by atoms with Crippen LogP contribution in [0.3, 0.4) is 0 Å². The number of carboxylic acid groups (broad SMARTS) is 1. The Balaban J connectivity index is 1.69. The van der Waals surface area contributed by atoms with Gasteiger partial charge in [0, 0.05) is 6.42 Å². The summed E-state index contributed by atoms with van der Waals surface area (Å²) in [5.41, 5.74) is 1.07. The summed E-state index contributed by atoms with van der Waals surface area (Å²) < 4.78 is 5.71. The van der Waals surface area contributed by atoms with Crippen LogP contribution in [0.4, 0.5) is 0 Å². The second kappa shape index (κ2) is 7.00. The monoisotopic (exact) mass is 352 g/mol. The fourth-order valence-corrected chi connectivity index (χ4v) is 2.66. The second-order valence-electron chi connectivity index (χ2n) is 6.62. The van der Waals surface area contributed by atoms with E-state index in [-0.39, 0.29) is 0 Å². The maximum absolute atomic E-state index is 11.6. The van der Waals surface area contributed by atoms with Crippen LogP contribution < -0.4 is 10.4 Å². The van der Waals surface area contributed by atoms with Crippen molar-refractivity contribution in [3.05, 3.63) is 70.1 Å². The lowest BCUT2D eigenvalue weighted by atomic mass is 9.84. The van der Waals surface area contributed by atoms with Gasteiger partial charge >= 0.3 is 11.7 Å². The second-order valence-corrected chi connectivity index (χ2v) is 6.62. The summed E-state index contributed by atoms with van der Waals surface area (Å²) in [4.78, 5) is 29.5. The van der Waals surface area contributed by atoms with Gasteiger partial charge in [-0.3, -0.25) is 4.79 Å². The van der Waals surface area contributed by atoms with Crippen LogP contribution in [0.5, 0.6) is 5.88 Å². The molecule has 0 amide bonds. The highest BCUT2D eigenvalue weighted by molar-refractivity contribution is 5.83. The van der Waals surface area contributed by atoms with E-state index in [2.05, 4.69) is 9.97 Å². The van der Waals surface area contributed by atoms with E-state index >= 15 is 0 Å². The Morgan fingerprint density at radius 3 is 2.54 bits per heavy atom. The number of nitrogens with zero attached hydrogens (tertiary/aromatic N) is 1. The predicted molar refractivity (Wildman–Crippen MR) is 98.7 cm³/mol. The van der Waals surface area contributed by atoms with E-state index in [1.54, 1.807) is 19.9 Å². The Kier molecular flexibility index (Phi) is 4.75.